The van der Waals surface area contributed by atoms with E-state index in [2.05, 4.69) is 16.1 Å². The Morgan fingerprint density at radius 1 is 1.21 bits per heavy atom. The maximum Gasteiger partial charge on any atom is 0.411 e. The molecule has 2 aliphatic heterocycles. The fraction of sp³-hybridized carbons (Fsp3) is 0.348. The minimum atomic E-state index is -4.41. The molecule has 0 aromatic heterocycles. The lowest BCUT2D eigenvalue weighted by Gasteiger charge is -2.25. The van der Waals surface area contributed by atoms with E-state index in [4.69, 9.17) is 4.74 Å². The third-order valence-electron chi connectivity index (χ3n) is 5.45. The van der Waals surface area contributed by atoms with Crippen LogP contribution in [0.15, 0.2) is 54.6 Å². The summed E-state index contributed by atoms with van der Waals surface area (Å²) in [4.78, 5) is 12.6. The van der Waals surface area contributed by atoms with E-state index in [0.717, 1.165) is 0 Å². The van der Waals surface area contributed by atoms with E-state index in [0.29, 0.717) is 35.5 Å². The molecule has 1 saturated heterocycles. The Kier molecular flexibility index (Phi) is 7.17. The molecule has 1 amide bonds. The summed E-state index contributed by atoms with van der Waals surface area (Å²) in [5, 5.41) is 17.0. The van der Waals surface area contributed by atoms with Crippen LogP contribution >= 0.6 is 0 Å². The van der Waals surface area contributed by atoms with Crippen LogP contribution < -0.4 is 21.1 Å². The Hall–Kier alpha value is -2.99. The van der Waals surface area contributed by atoms with Crippen molar-refractivity contribution < 1.29 is 32.2 Å². The SMILES string of the molecule is O=C(NC1C=C(c2cccc(COCC(F)(F)F)c2)N(c2ccc(F)cc2)N1)[C@@H]1CNC(O)C1. The normalized spacial score (nSPS) is 22.7. The van der Waals surface area contributed by atoms with Crippen LogP contribution in [-0.4, -0.2) is 42.7 Å². The number of halogens is 4. The number of nitrogens with one attached hydrogen (secondary N) is 3. The Balaban J connectivity index is 1.54. The first-order chi connectivity index (χ1) is 16.2. The first-order valence-corrected chi connectivity index (χ1v) is 10.7. The van der Waals surface area contributed by atoms with Gasteiger partial charge >= 0.3 is 6.18 Å². The number of carbonyl (C=O) groups is 1. The van der Waals surface area contributed by atoms with Crippen molar-refractivity contribution in [2.24, 2.45) is 5.92 Å². The van der Waals surface area contributed by atoms with Crippen LogP contribution in [0.5, 0.6) is 0 Å². The molecule has 1 fully saturated rings. The summed E-state index contributed by atoms with van der Waals surface area (Å²) in [6, 6.07) is 12.6. The number of hydrazine groups is 1. The van der Waals surface area contributed by atoms with Crippen molar-refractivity contribution in [3.05, 3.63) is 71.6 Å². The molecule has 4 rings (SSSR count). The molecule has 0 saturated carbocycles. The predicted octanol–water partition coefficient (Wildman–Crippen LogP) is 2.64. The highest BCUT2D eigenvalue weighted by molar-refractivity contribution is 5.84. The molecular weight excluding hydrogens is 456 g/mol. The van der Waals surface area contributed by atoms with E-state index in [1.807, 2.05) is 0 Å². The number of aliphatic hydroxyl groups is 1. The lowest BCUT2D eigenvalue weighted by atomic mass is 10.1. The zero-order chi connectivity index (χ0) is 24.3. The number of carbonyl (C=O) groups excluding carboxylic acids is 1. The summed E-state index contributed by atoms with van der Waals surface area (Å²) in [5.74, 6) is -1.04. The van der Waals surface area contributed by atoms with Gasteiger partial charge in [0.2, 0.25) is 5.91 Å². The second-order valence-electron chi connectivity index (χ2n) is 8.14. The molecule has 3 atom stereocenters. The molecular formula is C23H24F4N4O3. The average Bonchev–Trinajstić information content (AvgIpc) is 3.40. The van der Waals surface area contributed by atoms with Gasteiger partial charge in [0.15, 0.2) is 0 Å². The number of hydrogen-bond donors (Lipinski definition) is 4. The number of benzene rings is 2. The van der Waals surface area contributed by atoms with E-state index in [1.54, 1.807) is 47.5 Å². The number of rotatable bonds is 7. The second-order valence-corrected chi connectivity index (χ2v) is 8.14. The van der Waals surface area contributed by atoms with E-state index in [9.17, 15) is 27.5 Å². The summed E-state index contributed by atoms with van der Waals surface area (Å²) in [6.07, 6.45) is -3.68. The van der Waals surface area contributed by atoms with Gasteiger partial charge in [-0.05, 0) is 54.0 Å². The van der Waals surface area contributed by atoms with Crippen molar-refractivity contribution in [1.82, 2.24) is 16.1 Å². The van der Waals surface area contributed by atoms with Crippen molar-refractivity contribution in [1.29, 1.82) is 0 Å². The molecule has 0 radical (unpaired) electrons. The minimum absolute atomic E-state index is 0.220. The number of ether oxygens (including phenoxy) is 1. The van der Waals surface area contributed by atoms with Crippen molar-refractivity contribution in [2.45, 2.75) is 31.6 Å². The monoisotopic (exact) mass is 480 g/mol. The molecule has 2 aromatic rings. The third kappa shape index (κ3) is 6.11. The summed E-state index contributed by atoms with van der Waals surface area (Å²) < 4.78 is 55.4. The van der Waals surface area contributed by atoms with E-state index < -0.39 is 31.0 Å². The molecule has 7 nitrogen and oxygen atoms in total. The maximum absolute atomic E-state index is 13.5. The molecule has 182 valence electrons. The van der Waals surface area contributed by atoms with Crippen molar-refractivity contribution >= 4 is 17.3 Å². The van der Waals surface area contributed by atoms with Crippen LogP contribution in [0.1, 0.15) is 17.5 Å². The fourth-order valence-corrected chi connectivity index (χ4v) is 3.87. The first kappa shape index (κ1) is 24.1. The number of aliphatic hydroxyl groups excluding tert-OH is 1. The van der Waals surface area contributed by atoms with Gasteiger partial charge in [-0.15, -0.1) is 0 Å². The topological polar surface area (TPSA) is 85.9 Å². The van der Waals surface area contributed by atoms with Crippen LogP contribution in [0.4, 0.5) is 23.2 Å². The predicted molar refractivity (Wildman–Crippen MR) is 116 cm³/mol. The van der Waals surface area contributed by atoms with Gasteiger partial charge in [-0.1, -0.05) is 18.2 Å². The van der Waals surface area contributed by atoms with Gasteiger partial charge < -0.3 is 15.2 Å². The van der Waals surface area contributed by atoms with Crippen LogP contribution in [0.25, 0.3) is 5.70 Å². The second kappa shape index (κ2) is 10.1. The van der Waals surface area contributed by atoms with Gasteiger partial charge in [0, 0.05) is 6.54 Å². The summed E-state index contributed by atoms with van der Waals surface area (Å²) >= 11 is 0. The quantitative estimate of drug-likeness (QED) is 0.456. The Bertz CT molecular complexity index is 1050. The van der Waals surface area contributed by atoms with Crippen molar-refractivity contribution in [3.8, 4) is 0 Å². The first-order valence-electron chi connectivity index (χ1n) is 10.7. The van der Waals surface area contributed by atoms with Gasteiger partial charge in [-0.3, -0.25) is 15.1 Å². The smallest absolute Gasteiger partial charge is 0.379 e. The summed E-state index contributed by atoms with van der Waals surface area (Å²) in [5.41, 5.74) is 5.58. The highest BCUT2D eigenvalue weighted by atomic mass is 19.4. The summed E-state index contributed by atoms with van der Waals surface area (Å²) in [6.45, 7) is -1.21. The third-order valence-corrected chi connectivity index (χ3v) is 5.45. The van der Waals surface area contributed by atoms with Crippen molar-refractivity contribution in [3.63, 3.8) is 0 Å². The molecule has 4 N–H and O–H groups in total. The minimum Gasteiger partial charge on any atom is -0.379 e. The highest BCUT2D eigenvalue weighted by Gasteiger charge is 2.32. The average molecular weight is 480 g/mol. The molecule has 11 heteroatoms. The number of hydrogen-bond acceptors (Lipinski definition) is 6. The van der Waals surface area contributed by atoms with Crippen LogP contribution in [0.2, 0.25) is 0 Å². The van der Waals surface area contributed by atoms with Gasteiger partial charge in [-0.2, -0.15) is 13.2 Å². The largest absolute Gasteiger partial charge is 0.411 e. The van der Waals surface area contributed by atoms with Crippen LogP contribution in [0, 0.1) is 11.7 Å². The van der Waals surface area contributed by atoms with Gasteiger partial charge in [0.1, 0.15) is 24.8 Å². The van der Waals surface area contributed by atoms with Gasteiger partial charge in [0.25, 0.3) is 0 Å². The zero-order valence-corrected chi connectivity index (χ0v) is 18.0. The number of alkyl halides is 3. The standard InChI is InChI=1S/C23H24F4N4O3/c24-17-4-6-18(7-5-17)31-19(10-20(30-31)29-22(33)16-9-21(32)28-11-16)15-3-1-2-14(8-15)12-34-13-23(25,26)27/h1-8,10,16,20-21,28,30,32H,9,11-13H2,(H,29,33)/t16-,20?,21?/m0/s1. The lowest BCUT2D eigenvalue weighted by Crippen LogP contribution is -2.48. The van der Waals surface area contributed by atoms with E-state index >= 15 is 0 Å². The molecule has 34 heavy (non-hydrogen) atoms. The Labute approximate surface area is 193 Å². The molecule has 0 spiro atoms. The Morgan fingerprint density at radius 3 is 2.65 bits per heavy atom. The summed E-state index contributed by atoms with van der Waals surface area (Å²) in [7, 11) is 0. The highest BCUT2D eigenvalue weighted by Crippen LogP contribution is 2.30. The van der Waals surface area contributed by atoms with E-state index in [1.165, 1.54) is 12.1 Å². The molecule has 2 aromatic carbocycles. The van der Waals surface area contributed by atoms with Crippen LogP contribution in [-0.2, 0) is 16.1 Å². The van der Waals surface area contributed by atoms with Gasteiger partial charge in [0.05, 0.1) is 23.9 Å². The number of nitrogens with zero attached hydrogens (tertiary/aromatic N) is 1. The fourth-order valence-electron chi connectivity index (χ4n) is 3.87. The zero-order valence-electron chi connectivity index (χ0n) is 18.0. The van der Waals surface area contributed by atoms with E-state index in [-0.39, 0.29) is 18.4 Å². The molecule has 2 heterocycles. The van der Waals surface area contributed by atoms with Crippen LogP contribution in [0.3, 0.4) is 0 Å². The van der Waals surface area contributed by atoms with Crippen molar-refractivity contribution in [2.75, 3.05) is 18.2 Å². The lowest BCUT2D eigenvalue weighted by molar-refractivity contribution is -0.176. The maximum atomic E-state index is 13.5. The number of anilines is 1. The van der Waals surface area contributed by atoms with Gasteiger partial charge in [-0.25, -0.2) is 9.82 Å². The molecule has 0 bridgehead atoms. The molecule has 0 aliphatic carbocycles. The number of amides is 1. The Morgan fingerprint density at radius 2 is 1.97 bits per heavy atom. The molecule has 2 unspecified atom stereocenters. The molecule has 2 aliphatic rings.